The van der Waals surface area contributed by atoms with E-state index in [0.29, 0.717) is 13.6 Å². The van der Waals surface area contributed by atoms with Crippen LogP contribution in [-0.2, 0) is 14.2 Å². The van der Waals surface area contributed by atoms with Gasteiger partial charge in [-0.05, 0) is 85.9 Å². The van der Waals surface area contributed by atoms with E-state index in [-0.39, 0.29) is 12.2 Å². The summed E-state index contributed by atoms with van der Waals surface area (Å²) in [4.78, 5) is 0. The molecule has 0 aliphatic rings. The molecule has 0 spiro atoms. The van der Waals surface area contributed by atoms with Crippen molar-refractivity contribution >= 4 is 45.2 Å². The van der Waals surface area contributed by atoms with Gasteiger partial charge in [-0.15, -0.1) is 0 Å². The zero-order chi connectivity index (χ0) is 24.2. The van der Waals surface area contributed by atoms with Crippen LogP contribution in [0, 0.1) is 0 Å². The average molecular weight is 691 g/mol. The van der Waals surface area contributed by atoms with Gasteiger partial charge in [0.2, 0.25) is 0 Å². The fourth-order valence-corrected chi connectivity index (χ4v) is 4.67. The molecule has 0 radical (unpaired) electrons. The molecule has 0 fully saturated rings. The lowest BCUT2D eigenvalue weighted by Crippen LogP contribution is -2.18. The summed E-state index contributed by atoms with van der Waals surface area (Å²) in [6.07, 6.45) is 29.5. The summed E-state index contributed by atoms with van der Waals surface area (Å²) in [5.41, 5.74) is 0. The molecule has 0 N–H and O–H groups in total. The van der Waals surface area contributed by atoms with Gasteiger partial charge in [0.25, 0.3) is 0 Å². The molecule has 2 atom stereocenters. The average Bonchev–Trinajstić information content (AvgIpc) is 2.83. The predicted molar refractivity (Wildman–Crippen MR) is 162 cm³/mol. The van der Waals surface area contributed by atoms with E-state index in [1.807, 2.05) is 0 Å². The van der Waals surface area contributed by atoms with Crippen LogP contribution in [0.4, 0.5) is 0 Å². The number of rotatable bonds is 26. The van der Waals surface area contributed by atoms with Crippen LogP contribution in [0.1, 0.15) is 117 Å². The van der Waals surface area contributed by atoms with E-state index in [0.717, 1.165) is 38.5 Å². The van der Waals surface area contributed by atoms with Crippen LogP contribution in [0.25, 0.3) is 0 Å². The number of hydrogen-bond acceptors (Lipinski definition) is 3. The molecule has 0 aliphatic carbocycles. The maximum atomic E-state index is 5.89. The van der Waals surface area contributed by atoms with Crippen LogP contribution in [0.5, 0.6) is 0 Å². The summed E-state index contributed by atoms with van der Waals surface area (Å²) in [5.74, 6) is 0. The van der Waals surface area contributed by atoms with Gasteiger partial charge < -0.3 is 14.2 Å². The van der Waals surface area contributed by atoms with E-state index in [9.17, 15) is 0 Å². The number of halogens is 2. The Morgan fingerprint density at radius 3 is 1.33 bits per heavy atom. The van der Waals surface area contributed by atoms with Crippen molar-refractivity contribution in [3.05, 3.63) is 24.3 Å². The fraction of sp³-hybridized carbons (Fsp3) is 0.857. The Kier molecular flexibility index (Phi) is 29.8. The van der Waals surface area contributed by atoms with Crippen LogP contribution in [-0.4, -0.2) is 34.6 Å². The van der Waals surface area contributed by atoms with Gasteiger partial charge in [0, 0.05) is 0 Å². The van der Waals surface area contributed by atoms with Crippen LogP contribution < -0.4 is 0 Å². The molecule has 0 aromatic carbocycles. The molecule has 0 saturated heterocycles. The molecule has 0 amide bonds. The van der Waals surface area contributed by atoms with E-state index in [1.165, 1.54) is 73.1 Å². The summed E-state index contributed by atoms with van der Waals surface area (Å²) in [6.45, 7) is 5.02. The molecule has 0 aliphatic heterocycles. The first-order valence-electron chi connectivity index (χ1n) is 13.5. The highest BCUT2D eigenvalue weighted by Crippen LogP contribution is 2.11. The number of ether oxygens (including phenoxy) is 3. The van der Waals surface area contributed by atoms with Crippen molar-refractivity contribution < 1.29 is 14.2 Å². The second-order valence-corrected chi connectivity index (χ2v) is 10.9. The number of allylic oxidation sites excluding steroid dienone is 4. The highest BCUT2D eigenvalue weighted by Gasteiger charge is 2.07. The molecule has 0 heterocycles. The van der Waals surface area contributed by atoms with Gasteiger partial charge in [0.1, 0.15) is 13.6 Å². The summed E-state index contributed by atoms with van der Waals surface area (Å²) in [5, 5.41) is 0. The Labute approximate surface area is 233 Å². The molecule has 2 unspecified atom stereocenters. The van der Waals surface area contributed by atoms with Gasteiger partial charge in [0.05, 0.1) is 12.2 Å². The summed E-state index contributed by atoms with van der Waals surface area (Å²) in [6, 6.07) is 0. The third kappa shape index (κ3) is 25.7. The molecule has 3 nitrogen and oxygen atoms in total. The third-order valence-electron chi connectivity index (χ3n) is 5.84. The highest BCUT2D eigenvalue weighted by atomic mass is 127. The molecular weight excluding hydrogens is 638 g/mol. The standard InChI is InChI=1S/C28H52I2O3/c1-3-27(21-17-13-9-5-7-11-15-19-23-29)32-25-31-26-33-28(4-2)22-18-14-10-6-8-12-16-20-24-30/h9-10,13-14,27-28H,3-8,11-12,15-26H2,1-2H3. The van der Waals surface area contributed by atoms with Crippen molar-refractivity contribution in [2.75, 3.05) is 22.4 Å². The number of hydrogen-bond donors (Lipinski definition) is 0. The fourth-order valence-electron chi connectivity index (χ4n) is 3.59. The first-order chi connectivity index (χ1) is 16.3. The van der Waals surface area contributed by atoms with Crippen molar-refractivity contribution in [2.24, 2.45) is 0 Å². The van der Waals surface area contributed by atoms with Crippen molar-refractivity contribution in [3.63, 3.8) is 0 Å². The van der Waals surface area contributed by atoms with Gasteiger partial charge in [-0.1, -0.05) is 109 Å². The monoisotopic (exact) mass is 690 g/mol. The predicted octanol–water partition coefficient (Wildman–Crippen LogP) is 9.95. The molecule has 0 aromatic rings. The van der Waals surface area contributed by atoms with Gasteiger partial charge in [-0.25, -0.2) is 0 Å². The maximum Gasteiger partial charge on any atom is 0.149 e. The topological polar surface area (TPSA) is 27.7 Å². The highest BCUT2D eigenvalue weighted by molar-refractivity contribution is 14.1. The molecule has 5 heteroatoms. The number of alkyl halides is 2. The van der Waals surface area contributed by atoms with Crippen molar-refractivity contribution in [2.45, 2.75) is 129 Å². The summed E-state index contributed by atoms with van der Waals surface area (Å²) >= 11 is 4.92. The molecule has 0 rings (SSSR count). The van der Waals surface area contributed by atoms with E-state index in [1.54, 1.807) is 0 Å². The van der Waals surface area contributed by atoms with E-state index < -0.39 is 0 Å². The minimum atomic E-state index is 0.270. The lowest BCUT2D eigenvalue weighted by molar-refractivity contribution is -0.166. The minimum absolute atomic E-state index is 0.270. The Balaban J connectivity index is 3.66. The zero-order valence-electron chi connectivity index (χ0n) is 21.6. The molecule has 0 bridgehead atoms. The van der Waals surface area contributed by atoms with Crippen LogP contribution in [0.2, 0.25) is 0 Å². The normalized spacial score (nSPS) is 13.9. The van der Waals surface area contributed by atoms with E-state index in [4.69, 9.17) is 14.2 Å². The quantitative estimate of drug-likeness (QED) is 0.0298. The SMILES string of the molecule is CCC(CCC=CCCCCCCI)OCOCOC(CC)CCC=CCCCCCCI. The molecule has 0 saturated carbocycles. The third-order valence-corrected chi connectivity index (χ3v) is 7.36. The second-order valence-electron chi connectivity index (χ2n) is 8.71. The van der Waals surface area contributed by atoms with Crippen molar-refractivity contribution in [1.29, 1.82) is 0 Å². The maximum absolute atomic E-state index is 5.89. The van der Waals surface area contributed by atoms with Crippen molar-refractivity contribution in [1.82, 2.24) is 0 Å². The van der Waals surface area contributed by atoms with Crippen LogP contribution in [0.15, 0.2) is 24.3 Å². The minimum Gasteiger partial charge on any atom is -0.352 e. The lowest BCUT2D eigenvalue weighted by Gasteiger charge is -2.18. The lowest BCUT2D eigenvalue weighted by atomic mass is 10.1. The molecule has 33 heavy (non-hydrogen) atoms. The largest absolute Gasteiger partial charge is 0.352 e. The smallest absolute Gasteiger partial charge is 0.149 e. The first-order valence-corrected chi connectivity index (χ1v) is 16.6. The Morgan fingerprint density at radius 2 is 0.939 bits per heavy atom. The molecular formula is C28H52I2O3. The molecule has 196 valence electrons. The zero-order valence-corrected chi connectivity index (χ0v) is 25.9. The van der Waals surface area contributed by atoms with Crippen LogP contribution in [0.3, 0.4) is 0 Å². The van der Waals surface area contributed by atoms with Gasteiger partial charge in [-0.3, -0.25) is 0 Å². The van der Waals surface area contributed by atoms with E-state index >= 15 is 0 Å². The number of unbranched alkanes of at least 4 members (excludes halogenated alkanes) is 8. The summed E-state index contributed by atoms with van der Waals surface area (Å²) in [7, 11) is 0. The Morgan fingerprint density at radius 1 is 0.545 bits per heavy atom. The van der Waals surface area contributed by atoms with E-state index in [2.05, 4.69) is 83.3 Å². The van der Waals surface area contributed by atoms with Gasteiger partial charge in [-0.2, -0.15) is 0 Å². The second kappa shape index (κ2) is 29.1. The Bertz CT molecular complexity index is 391. The summed E-state index contributed by atoms with van der Waals surface area (Å²) < 4.78 is 20.0. The molecule has 0 aromatic heterocycles. The van der Waals surface area contributed by atoms with Crippen LogP contribution >= 0.6 is 45.2 Å². The van der Waals surface area contributed by atoms with Gasteiger partial charge >= 0.3 is 0 Å². The first kappa shape index (κ1) is 33.8. The van der Waals surface area contributed by atoms with Crippen molar-refractivity contribution in [3.8, 4) is 0 Å². The Hall–Kier alpha value is 0.820. The van der Waals surface area contributed by atoms with Gasteiger partial charge in [0.15, 0.2) is 0 Å².